The Balaban J connectivity index is 3.24. The van der Waals surface area contributed by atoms with E-state index < -0.39 is 10.0 Å². The number of nitrogens with two attached hydrogens (primary N) is 1. The van der Waals surface area contributed by atoms with Gasteiger partial charge < -0.3 is 5.73 Å². The van der Waals surface area contributed by atoms with E-state index in [9.17, 15) is 8.42 Å². The molecule has 0 fully saturated rings. The molecule has 94 valence electrons. The van der Waals surface area contributed by atoms with Crippen LogP contribution >= 0.6 is 0 Å². The molecule has 0 saturated carbocycles. The summed E-state index contributed by atoms with van der Waals surface area (Å²) in [5.74, 6) is 0. The van der Waals surface area contributed by atoms with E-state index in [4.69, 9.17) is 5.73 Å². The van der Waals surface area contributed by atoms with Crippen molar-refractivity contribution in [1.82, 2.24) is 4.72 Å². The molecule has 0 aliphatic carbocycles. The van der Waals surface area contributed by atoms with Gasteiger partial charge in [0.05, 0.1) is 5.69 Å². The SMILES string of the molecule is C=CC(C)NS(=O)(=O)c1cc(C)c(C)cc1N. The van der Waals surface area contributed by atoms with Gasteiger partial charge >= 0.3 is 0 Å². The van der Waals surface area contributed by atoms with E-state index in [0.717, 1.165) is 11.1 Å². The van der Waals surface area contributed by atoms with Crippen molar-refractivity contribution in [2.45, 2.75) is 31.7 Å². The largest absolute Gasteiger partial charge is 0.398 e. The van der Waals surface area contributed by atoms with Crippen molar-refractivity contribution in [3.63, 3.8) is 0 Å². The van der Waals surface area contributed by atoms with Crippen LogP contribution in [0.3, 0.4) is 0 Å². The Morgan fingerprint density at radius 1 is 1.35 bits per heavy atom. The van der Waals surface area contributed by atoms with Gasteiger partial charge in [0.25, 0.3) is 0 Å². The number of nitrogens with one attached hydrogen (secondary N) is 1. The molecule has 1 aromatic carbocycles. The summed E-state index contributed by atoms with van der Waals surface area (Å²) in [4.78, 5) is 0.120. The van der Waals surface area contributed by atoms with Gasteiger partial charge in [0.1, 0.15) is 4.90 Å². The van der Waals surface area contributed by atoms with Gasteiger partial charge in [-0.15, -0.1) is 6.58 Å². The standard InChI is InChI=1S/C12H18N2O2S/c1-5-10(4)14-17(15,16)12-7-9(3)8(2)6-11(12)13/h5-7,10,14H,1,13H2,2-4H3. The normalized spacial score (nSPS) is 13.4. The third-order valence-corrected chi connectivity index (χ3v) is 4.22. The summed E-state index contributed by atoms with van der Waals surface area (Å²) in [7, 11) is -3.59. The molecule has 4 nitrogen and oxygen atoms in total. The Morgan fingerprint density at radius 3 is 2.41 bits per heavy atom. The van der Waals surface area contributed by atoms with Crippen LogP contribution in [0.25, 0.3) is 0 Å². The van der Waals surface area contributed by atoms with Gasteiger partial charge in [-0.3, -0.25) is 0 Å². The minimum Gasteiger partial charge on any atom is -0.398 e. The van der Waals surface area contributed by atoms with Crippen molar-refractivity contribution in [2.24, 2.45) is 0 Å². The number of nitrogen functional groups attached to an aromatic ring is 1. The van der Waals surface area contributed by atoms with Crippen molar-refractivity contribution in [3.8, 4) is 0 Å². The van der Waals surface area contributed by atoms with Crippen LogP contribution < -0.4 is 10.5 Å². The molecule has 3 N–H and O–H groups in total. The zero-order chi connectivity index (χ0) is 13.2. The minimum absolute atomic E-state index is 0.120. The van der Waals surface area contributed by atoms with Crippen LogP contribution in [-0.4, -0.2) is 14.5 Å². The van der Waals surface area contributed by atoms with Gasteiger partial charge in [-0.25, -0.2) is 13.1 Å². The van der Waals surface area contributed by atoms with E-state index in [1.54, 1.807) is 19.1 Å². The summed E-state index contributed by atoms with van der Waals surface area (Å²) in [5.41, 5.74) is 7.87. The summed E-state index contributed by atoms with van der Waals surface area (Å²) in [6, 6.07) is 2.92. The summed E-state index contributed by atoms with van der Waals surface area (Å²) in [6.45, 7) is 8.99. The van der Waals surface area contributed by atoms with Crippen molar-refractivity contribution >= 4 is 15.7 Å². The topological polar surface area (TPSA) is 72.2 Å². The summed E-state index contributed by atoms with van der Waals surface area (Å²) in [6.07, 6.45) is 1.52. The molecule has 0 spiro atoms. The number of aryl methyl sites for hydroxylation is 2. The molecule has 0 aromatic heterocycles. The van der Waals surface area contributed by atoms with Crippen LogP contribution in [0.15, 0.2) is 29.7 Å². The summed E-state index contributed by atoms with van der Waals surface area (Å²) >= 11 is 0. The average Bonchev–Trinajstić information content (AvgIpc) is 2.22. The quantitative estimate of drug-likeness (QED) is 0.635. The first-order chi connectivity index (χ1) is 7.77. The summed E-state index contributed by atoms with van der Waals surface area (Å²) < 4.78 is 26.6. The molecule has 1 aromatic rings. The lowest BCUT2D eigenvalue weighted by Crippen LogP contribution is -2.31. The number of anilines is 1. The summed E-state index contributed by atoms with van der Waals surface area (Å²) in [5, 5.41) is 0. The second-order valence-corrected chi connectivity index (χ2v) is 5.80. The van der Waals surface area contributed by atoms with Crippen LogP contribution in [0.4, 0.5) is 5.69 Å². The lowest BCUT2D eigenvalue weighted by Gasteiger charge is -2.13. The predicted octanol–water partition coefficient (Wildman–Crippen LogP) is 1.74. The van der Waals surface area contributed by atoms with Gasteiger partial charge in [-0.1, -0.05) is 6.08 Å². The molecule has 17 heavy (non-hydrogen) atoms. The first-order valence-corrected chi connectivity index (χ1v) is 6.78. The van der Waals surface area contributed by atoms with E-state index in [0.29, 0.717) is 0 Å². The number of sulfonamides is 1. The number of hydrogen-bond donors (Lipinski definition) is 2. The van der Waals surface area contributed by atoms with Gasteiger partial charge in [-0.05, 0) is 44.0 Å². The highest BCUT2D eigenvalue weighted by molar-refractivity contribution is 7.89. The molecule has 0 radical (unpaired) electrons. The van der Waals surface area contributed by atoms with Crippen LogP contribution in [0.2, 0.25) is 0 Å². The fourth-order valence-electron chi connectivity index (χ4n) is 1.40. The molecule has 5 heteroatoms. The second kappa shape index (κ2) is 4.89. The lowest BCUT2D eigenvalue weighted by atomic mass is 10.1. The van der Waals surface area contributed by atoms with Gasteiger partial charge in [0, 0.05) is 6.04 Å². The van der Waals surface area contributed by atoms with Crippen molar-refractivity contribution in [2.75, 3.05) is 5.73 Å². The molecule has 0 aliphatic rings. The van der Waals surface area contributed by atoms with E-state index >= 15 is 0 Å². The maximum absolute atomic E-state index is 12.0. The minimum atomic E-state index is -3.59. The zero-order valence-corrected chi connectivity index (χ0v) is 11.1. The molecule has 0 aliphatic heterocycles. The van der Waals surface area contributed by atoms with Crippen molar-refractivity contribution < 1.29 is 8.42 Å². The Morgan fingerprint density at radius 2 is 1.88 bits per heavy atom. The van der Waals surface area contributed by atoms with E-state index in [1.807, 2.05) is 13.8 Å². The lowest BCUT2D eigenvalue weighted by molar-refractivity contribution is 0.576. The molecular formula is C12H18N2O2S. The fourth-order valence-corrected chi connectivity index (χ4v) is 2.81. The highest BCUT2D eigenvalue weighted by Crippen LogP contribution is 2.22. The van der Waals surface area contributed by atoms with Crippen LogP contribution in [-0.2, 0) is 10.0 Å². The molecular weight excluding hydrogens is 236 g/mol. The molecule has 0 amide bonds. The highest BCUT2D eigenvalue weighted by Gasteiger charge is 2.19. The van der Waals surface area contributed by atoms with Crippen LogP contribution in [0.5, 0.6) is 0 Å². The monoisotopic (exact) mass is 254 g/mol. The first kappa shape index (κ1) is 13.7. The molecule has 0 heterocycles. The predicted molar refractivity (Wildman–Crippen MR) is 70.3 cm³/mol. The van der Waals surface area contributed by atoms with Crippen molar-refractivity contribution in [3.05, 3.63) is 35.9 Å². The fraction of sp³-hybridized carbons (Fsp3) is 0.333. The smallest absolute Gasteiger partial charge is 0.243 e. The zero-order valence-electron chi connectivity index (χ0n) is 10.3. The molecule has 0 bridgehead atoms. The number of hydrogen-bond acceptors (Lipinski definition) is 3. The van der Waals surface area contributed by atoms with E-state index in [2.05, 4.69) is 11.3 Å². The third kappa shape index (κ3) is 3.08. The van der Waals surface area contributed by atoms with Crippen LogP contribution in [0, 0.1) is 13.8 Å². The maximum atomic E-state index is 12.0. The Labute approximate surface area is 103 Å². The van der Waals surface area contributed by atoms with Gasteiger partial charge in [-0.2, -0.15) is 0 Å². The second-order valence-electron chi connectivity index (χ2n) is 4.12. The Kier molecular flexibility index (Phi) is 3.95. The van der Waals surface area contributed by atoms with E-state index in [1.165, 1.54) is 6.08 Å². The maximum Gasteiger partial charge on any atom is 0.243 e. The third-order valence-electron chi connectivity index (χ3n) is 2.61. The average molecular weight is 254 g/mol. The molecule has 1 unspecified atom stereocenters. The van der Waals surface area contributed by atoms with Gasteiger partial charge in [0.2, 0.25) is 10.0 Å². The van der Waals surface area contributed by atoms with E-state index in [-0.39, 0.29) is 16.6 Å². The number of rotatable bonds is 4. The molecule has 1 atom stereocenters. The Hall–Kier alpha value is -1.33. The Bertz CT molecular complexity index is 536. The van der Waals surface area contributed by atoms with Crippen LogP contribution in [0.1, 0.15) is 18.1 Å². The van der Waals surface area contributed by atoms with Crippen molar-refractivity contribution in [1.29, 1.82) is 0 Å². The van der Waals surface area contributed by atoms with Gasteiger partial charge in [0.15, 0.2) is 0 Å². The number of benzene rings is 1. The molecule has 0 saturated heterocycles. The molecule has 1 rings (SSSR count). The first-order valence-electron chi connectivity index (χ1n) is 5.29. The highest BCUT2D eigenvalue weighted by atomic mass is 32.2.